The van der Waals surface area contributed by atoms with Gasteiger partial charge in [-0.05, 0) is 30.3 Å². The van der Waals surface area contributed by atoms with Crippen molar-refractivity contribution in [1.82, 2.24) is 14.2 Å². The van der Waals surface area contributed by atoms with E-state index in [1.54, 1.807) is 0 Å². The molecule has 0 bridgehead atoms. The lowest BCUT2D eigenvalue weighted by molar-refractivity contribution is 1.01. The zero-order chi connectivity index (χ0) is 21.1. The van der Waals surface area contributed by atoms with E-state index in [-0.39, 0.29) is 0 Å². The van der Waals surface area contributed by atoms with Gasteiger partial charge >= 0.3 is 0 Å². The number of pyridine rings is 1. The van der Waals surface area contributed by atoms with Crippen molar-refractivity contribution < 1.29 is 0 Å². The maximum atomic E-state index is 5.06. The van der Waals surface area contributed by atoms with Gasteiger partial charge < -0.3 is 4.57 Å². The van der Waals surface area contributed by atoms with Crippen LogP contribution >= 0.6 is 0 Å². The Morgan fingerprint density at radius 2 is 1.16 bits per heavy atom. The van der Waals surface area contributed by atoms with Crippen LogP contribution in [-0.2, 0) is 0 Å². The Labute approximate surface area is 184 Å². The van der Waals surface area contributed by atoms with Crippen LogP contribution in [0.1, 0.15) is 0 Å². The molecule has 0 unspecified atom stereocenters. The third-order valence-electron chi connectivity index (χ3n) is 6.31. The summed E-state index contributed by atoms with van der Waals surface area (Å²) >= 11 is 0. The lowest BCUT2D eigenvalue weighted by atomic mass is 10.1. The SMILES string of the molecule is c1ccc(-c2cc3c4c5ccccc5n(-c5ccccc5)c4c4ccccc4n3n2)cc1. The molecule has 7 rings (SSSR count). The standard InChI is InChI=1S/C29H19N3/c1-3-11-20(12-4-1)24-19-27-28-22-15-7-9-17-25(22)31(21-13-5-2-6-14-21)29(28)23-16-8-10-18-26(23)32(27)30-24/h1-19H. The van der Waals surface area contributed by atoms with Gasteiger partial charge in [0.05, 0.1) is 27.8 Å². The van der Waals surface area contributed by atoms with Gasteiger partial charge in [0.25, 0.3) is 0 Å². The van der Waals surface area contributed by atoms with E-state index in [0.29, 0.717) is 0 Å². The van der Waals surface area contributed by atoms with Crippen LogP contribution in [0.3, 0.4) is 0 Å². The molecule has 0 aliphatic carbocycles. The Morgan fingerprint density at radius 3 is 1.94 bits per heavy atom. The van der Waals surface area contributed by atoms with Crippen molar-refractivity contribution >= 4 is 38.2 Å². The quantitative estimate of drug-likeness (QED) is 0.295. The second kappa shape index (κ2) is 6.56. The Hall–Kier alpha value is -4.37. The summed E-state index contributed by atoms with van der Waals surface area (Å²) in [6, 6.07) is 40.5. The van der Waals surface area contributed by atoms with Gasteiger partial charge in [-0.2, -0.15) is 5.10 Å². The van der Waals surface area contributed by atoms with E-state index in [4.69, 9.17) is 5.10 Å². The molecule has 32 heavy (non-hydrogen) atoms. The first kappa shape index (κ1) is 17.3. The van der Waals surface area contributed by atoms with E-state index in [1.807, 2.05) is 6.07 Å². The first-order valence-electron chi connectivity index (χ1n) is 10.8. The molecule has 0 saturated heterocycles. The molecule has 0 radical (unpaired) electrons. The zero-order valence-electron chi connectivity index (χ0n) is 17.3. The van der Waals surface area contributed by atoms with Crippen molar-refractivity contribution in [3.05, 3.63) is 115 Å². The Bertz CT molecular complexity index is 1760. The summed E-state index contributed by atoms with van der Waals surface area (Å²) in [7, 11) is 0. The third-order valence-corrected chi connectivity index (χ3v) is 6.31. The summed E-state index contributed by atoms with van der Waals surface area (Å²) in [5.41, 5.74) is 7.94. The Morgan fingerprint density at radius 1 is 0.531 bits per heavy atom. The smallest absolute Gasteiger partial charge is 0.0934 e. The minimum atomic E-state index is 0.986. The highest BCUT2D eigenvalue weighted by Gasteiger charge is 2.20. The summed E-state index contributed by atoms with van der Waals surface area (Å²) in [5.74, 6) is 0. The zero-order valence-corrected chi connectivity index (χ0v) is 17.3. The molecule has 3 heterocycles. The number of benzene rings is 4. The maximum Gasteiger partial charge on any atom is 0.0934 e. The van der Waals surface area contributed by atoms with Crippen molar-refractivity contribution in [3.8, 4) is 16.9 Å². The van der Waals surface area contributed by atoms with Crippen LogP contribution in [-0.4, -0.2) is 14.2 Å². The molecule has 0 spiro atoms. The van der Waals surface area contributed by atoms with Gasteiger partial charge in [-0.3, -0.25) is 0 Å². The van der Waals surface area contributed by atoms with E-state index in [9.17, 15) is 0 Å². The van der Waals surface area contributed by atoms with Crippen molar-refractivity contribution in [1.29, 1.82) is 0 Å². The molecule has 0 fully saturated rings. The van der Waals surface area contributed by atoms with Gasteiger partial charge in [-0.15, -0.1) is 0 Å². The van der Waals surface area contributed by atoms with Gasteiger partial charge in [0.2, 0.25) is 0 Å². The summed E-state index contributed by atoms with van der Waals surface area (Å²) in [6.07, 6.45) is 0. The minimum absolute atomic E-state index is 0.986. The average Bonchev–Trinajstić information content (AvgIpc) is 3.45. The van der Waals surface area contributed by atoms with Crippen LogP contribution in [0.5, 0.6) is 0 Å². The predicted molar refractivity (Wildman–Crippen MR) is 132 cm³/mol. The molecule has 7 aromatic rings. The summed E-state index contributed by atoms with van der Waals surface area (Å²) in [5, 5.41) is 8.72. The van der Waals surface area contributed by atoms with Crippen molar-refractivity contribution in [2.45, 2.75) is 0 Å². The van der Waals surface area contributed by atoms with E-state index < -0.39 is 0 Å². The van der Waals surface area contributed by atoms with Crippen LogP contribution in [0.15, 0.2) is 115 Å². The van der Waals surface area contributed by atoms with Crippen LogP contribution < -0.4 is 0 Å². The lowest BCUT2D eigenvalue weighted by Crippen LogP contribution is -1.97. The van der Waals surface area contributed by atoms with Crippen LogP contribution in [0.2, 0.25) is 0 Å². The van der Waals surface area contributed by atoms with E-state index in [0.717, 1.165) is 28.0 Å². The highest BCUT2D eigenvalue weighted by Crippen LogP contribution is 2.40. The molecular weight excluding hydrogens is 390 g/mol. The van der Waals surface area contributed by atoms with Crippen molar-refractivity contribution in [2.75, 3.05) is 0 Å². The van der Waals surface area contributed by atoms with Gasteiger partial charge in [0.1, 0.15) is 0 Å². The number of hydrogen-bond acceptors (Lipinski definition) is 1. The molecule has 3 heteroatoms. The summed E-state index contributed by atoms with van der Waals surface area (Å²) < 4.78 is 4.50. The number of aromatic nitrogens is 3. The van der Waals surface area contributed by atoms with E-state index in [2.05, 4.69) is 118 Å². The molecule has 4 aromatic carbocycles. The molecule has 3 aromatic heterocycles. The normalized spacial score (nSPS) is 11.8. The molecule has 0 saturated carbocycles. The molecule has 0 atom stereocenters. The Kier molecular flexibility index (Phi) is 3.55. The molecule has 3 nitrogen and oxygen atoms in total. The molecule has 0 amide bonds. The Balaban J connectivity index is 1.75. The summed E-state index contributed by atoms with van der Waals surface area (Å²) in [6.45, 7) is 0. The number of hydrogen-bond donors (Lipinski definition) is 0. The highest BCUT2D eigenvalue weighted by atomic mass is 15.2. The minimum Gasteiger partial charge on any atom is -0.308 e. The van der Waals surface area contributed by atoms with Gasteiger partial charge in [0.15, 0.2) is 0 Å². The van der Waals surface area contributed by atoms with E-state index >= 15 is 0 Å². The van der Waals surface area contributed by atoms with Crippen LogP contribution in [0.25, 0.3) is 55.2 Å². The van der Waals surface area contributed by atoms with Gasteiger partial charge in [-0.1, -0.05) is 84.9 Å². The average molecular weight is 409 g/mol. The fraction of sp³-hybridized carbons (Fsp3) is 0. The van der Waals surface area contributed by atoms with Crippen LogP contribution in [0.4, 0.5) is 0 Å². The number of para-hydroxylation sites is 3. The van der Waals surface area contributed by atoms with Gasteiger partial charge in [-0.25, -0.2) is 4.52 Å². The molecular formula is C29H19N3. The number of rotatable bonds is 2. The number of fused-ring (bicyclic) bond motifs is 8. The number of nitrogens with zero attached hydrogens (tertiary/aromatic N) is 3. The van der Waals surface area contributed by atoms with Gasteiger partial charge in [0, 0.05) is 27.4 Å². The van der Waals surface area contributed by atoms with E-state index in [1.165, 1.54) is 27.2 Å². The third kappa shape index (κ3) is 2.33. The largest absolute Gasteiger partial charge is 0.308 e. The monoisotopic (exact) mass is 409 g/mol. The lowest BCUT2D eigenvalue weighted by Gasteiger charge is -2.10. The fourth-order valence-corrected chi connectivity index (χ4v) is 4.95. The highest BCUT2D eigenvalue weighted by molar-refractivity contribution is 6.24. The second-order valence-electron chi connectivity index (χ2n) is 8.12. The fourth-order valence-electron chi connectivity index (χ4n) is 4.95. The molecule has 0 N–H and O–H groups in total. The molecule has 0 aliphatic rings. The summed E-state index contributed by atoms with van der Waals surface area (Å²) in [4.78, 5) is 0. The van der Waals surface area contributed by atoms with Crippen molar-refractivity contribution in [3.63, 3.8) is 0 Å². The van der Waals surface area contributed by atoms with Crippen molar-refractivity contribution in [2.24, 2.45) is 0 Å². The van der Waals surface area contributed by atoms with Crippen LogP contribution in [0, 0.1) is 0 Å². The molecule has 0 aliphatic heterocycles. The topological polar surface area (TPSA) is 22.2 Å². The predicted octanol–water partition coefficient (Wildman–Crippen LogP) is 7.25. The maximum absolute atomic E-state index is 5.06. The molecule has 150 valence electrons. The first-order chi connectivity index (χ1) is 15.9. The second-order valence-corrected chi connectivity index (χ2v) is 8.12. The first-order valence-corrected chi connectivity index (χ1v) is 10.8.